The first-order valence-corrected chi connectivity index (χ1v) is 6.90. The summed E-state index contributed by atoms with van der Waals surface area (Å²) in [6, 6.07) is 6.71. The molecular formula is C16H28N2. The van der Waals surface area contributed by atoms with Crippen molar-refractivity contribution in [3.05, 3.63) is 34.9 Å². The summed E-state index contributed by atoms with van der Waals surface area (Å²) in [5.74, 6) is 0.755. The molecule has 0 aliphatic carbocycles. The van der Waals surface area contributed by atoms with Gasteiger partial charge in [0.15, 0.2) is 0 Å². The molecule has 2 nitrogen and oxygen atoms in total. The van der Waals surface area contributed by atoms with Gasteiger partial charge < -0.3 is 10.6 Å². The van der Waals surface area contributed by atoms with Gasteiger partial charge in [0, 0.05) is 12.6 Å². The van der Waals surface area contributed by atoms with Crippen LogP contribution in [0.15, 0.2) is 18.2 Å². The van der Waals surface area contributed by atoms with Crippen molar-refractivity contribution < 1.29 is 0 Å². The summed E-state index contributed by atoms with van der Waals surface area (Å²) in [6.45, 7) is 10.8. The minimum Gasteiger partial charge on any atom is -0.323 e. The van der Waals surface area contributed by atoms with E-state index in [1.165, 1.54) is 23.1 Å². The minimum absolute atomic E-state index is 0.112. The molecule has 2 N–H and O–H groups in total. The highest BCUT2D eigenvalue weighted by Gasteiger charge is 2.10. The molecule has 0 saturated heterocycles. The highest BCUT2D eigenvalue weighted by atomic mass is 15.1. The van der Waals surface area contributed by atoms with Crippen molar-refractivity contribution in [2.45, 2.75) is 40.2 Å². The standard InChI is InChI=1S/C16H28N2/c1-12(2)6-7-18(5)11-16(17)15-9-13(3)8-14(4)10-15/h8-10,12,16H,6-7,11,17H2,1-5H3. The van der Waals surface area contributed by atoms with E-state index in [1.54, 1.807) is 0 Å². The summed E-state index contributed by atoms with van der Waals surface area (Å²) in [4.78, 5) is 2.34. The van der Waals surface area contributed by atoms with E-state index in [1.807, 2.05) is 0 Å². The number of aryl methyl sites for hydroxylation is 2. The second-order valence-electron chi connectivity index (χ2n) is 5.97. The molecule has 0 heterocycles. The van der Waals surface area contributed by atoms with Gasteiger partial charge >= 0.3 is 0 Å². The summed E-state index contributed by atoms with van der Waals surface area (Å²) >= 11 is 0. The molecule has 0 aliphatic heterocycles. The summed E-state index contributed by atoms with van der Waals surface area (Å²) in [7, 11) is 2.16. The summed E-state index contributed by atoms with van der Waals surface area (Å²) in [5.41, 5.74) is 10.1. The van der Waals surface area contributed by atoms with Crippen LogP contribution in [0.1, 0.15) is 43.0 Å². The number of nitrogens with zero attached hydrogens (tertiary/aromatic N) is 1. The molecule has 1 aromatic rings. The highest BCUT2D eigenvalue weighted by Crippen LogP contribution is 2.16. The molecule has 0 saturated carbocycles. The van der Waals surface area contributed by atoms with Crippen molar-refractivity contribution in [3.63, 3.8) is 0 Å². The largest absolute Gasteiger partial charge is 0.323 e. The Kier molecular flexibility index (Phi) is 5.83. The maximum absolute atomic E-state index is 6.30. The molecular weight excluding hydrogens is 220 g/mol. The predicted molar refractivity (Wildman–Crippen MR) is 79.8 cm³/mol. The topological polar surface area (TPSA) is 29.3 Å². The van der Waals surface area contributed by atoms with Gasteiger partial charge in [-0.3, -0.25) is 0 Å². The van der Waals surface area contributed by atoms with Gasteiger partial charge in [0.2, 0.25) is 0 Å². The van der Waals surface area contributed by atoms with Gasteiger partial charge in [-0.1, -0.05) is 43.2 Å². The molecule has 18 heavy (non-hydrogen) atoms. The fourth-order valence-corrected chi connectivity index (χ4v) is 2.24. The molecule has 1 rings (SSSR count). The Balaban J connectivity index is 2.56. The van der Waals surface area contributed by atoms with Crippen LogP contribution in [-0.2, 0) is 0 Å². The van der Waals surface area contributed by atoms with Gasteiger partial charge in [0.1, 0.15) is 0 Å². The van der Waals surface area contributed by atoms with Crippen LogP contribution in [0.5, 0.6) is 0 Å². The summed E-state index contributed by atoms with van der Waals surface area (Å²) < 4.78 is 0. The highest BCUT2D eigenvalue weighted by molar-refractivity contribution is 5.30. The van der Waals surface area contributed by atoms with Crippen molar-refractivity contribution in [1.82, 2.24) is 4.90 Å². The maximum atomic E-state index is 6.30. The third-order valence-corrected chi connectivity index (χ3v) is 3.27. The predicted octanol–water partition coefficient (Wildman–Crippen LogP) is 3.28. The molecule has 2 heteroatoms. The first-order valence-electron chi connectivity index (χ1n) is 6.90. The van der Waals surface area contributed by atoms with E-state index in [0.29, 0.717) is 0 Å². The zero-order chi connectivity index (χ0) is 13.7. The van der Waals surface area contributed by atoms with E-state index in [0.717, 1.165) is 19.0 Å². The Morgan fingerprint density at radius 2 is 1.67 bits per heavy atom. The number of likely N-dealkylation sites (N-methyl/N-ethyl adjacent to an activating group) is 1. The molecule has 0 radical (unpaired) electrons. The van der Waals surface area contributed by atoms with E-state index in [9.17, 15) is 0 Å². The number of hydrogen-bond acceptors (Lipinski definition) is 2. The quantitative estimate of drug-likeness (QED) is 0.837. The second kappa shape index (κ2) is 6.91. The minimum atomic E-state index is 0.112. The van der Waals surface area contributed by atoms with Crippen molar-refractivity contribution in [2.75, 3.05) is 20.1 Å². The lowest BCUT2D eigenvalue weighted by Gasteiger charge is -2.22. The van der Waals surface area contributed by atoms with Crippen LogP contribution in [-0.4, -0.2) is 25.0 Å². The monoisotopic (exact) mass is 248 g/mol. The van der Waals surface area contributed by atoms with Crippen molar-refractivity contribution in [3.8, 4) is 0 Å². The van der Waals surface area contributed by atoms with Crippen molar-refractivity contribution >= 4 is 0 Å². The Labute approximate surface area is 112 Å². The first kappa shape index (κ1) is 15.2. The average molecular weight is 248 g/mol. The van der Waals surface area contributed by atoms with Gasteiger partial charge in [-0.25, -0.2) is 0 Å². The number of hydrogen-bond donors (Lipinski definition) is 1. The van der Waals surface area contributed by atoms with Gasteiger partial charge in [-0.05, 0) is 45.3 Å². The van der Waals surface area contributed by atoms with E-state index < -0.39 is 0 Å². The molecule has 0 spiro atoms. The number of benzene rings is 1. The molecule has 0 aromatic heterocycles. The summed E-state index contributed by atoms with van der Waals surface area (Å²) in [6.07, 6.45) is 1.23. The van der Waals surface area contributed by atoms with Crippen LogP contribution < -0.4 is 5.73 Å². The zero-order valence-electron chi connectivity index (χ0n) is 12.5. The molecule has 1 atom stereocenters. The van der Waals surface area contributed by atoms with Crippen LogP contribution in [0.4, 0.5) is 0 Å². The van der Waals surface area contributed by atoms with Crippen LogP contribution >= 0.6 is 0 Å². The van der Waals surface area contributed by atoms with Crippen LogP contribution in [0.25, 0.3) is 0 Å². The Hall–Kier alpha value is -0.860. The van der Waals surface area contributed by atoms with Crippen LogP contribution in [0, 0.1) is 19.8 Å². The van der Waals surface area contributed by atoms with Crippen molar-refractivity contribution in [2.24, 2.45) is 11.7 Å². The molecule has 1 aromatic carbocycles. The van der Waals surface area contributed by atoms with Crippen molar-refractivity contribution in [1.29, 1.82) is 0 Å². The maximum Gasteiger partial charge on any atom is 0.0424 e. The Bertz CT molecular complexity index is 351. The lowest BCUT2D eigenvalue weighted by molar-refractivity contribution is 0.293. The van der Waals surface area contributed by atoms with E-state index in [2.05, 4.69) is 57.8 Å². The molecule has 0 bridgehead atoms. The van der Waals surface area contributed by atoms with E-state index in [4.69, 9.17) is 5.73 Å². The Morgan fingerprint density at radius 3 is 2.17 bits per heavy atom. The Morgan fingerprint density at radius 1 is 1.11 bits per heavy atom. The van der Waals surface area contributed by atoms with Gasteiger partial charge in [-0.2, -0.15) is 0 Å². The van der Waals surface area contributed by atoms with E-state index in [-0.39, 0.29) is 6.04 Å². The van der Waals surface area contributed by atoms with Crippen LogP contribution in [0.3, 0.4) is 0 Å². The molecule has 1 unspecified atom stereocenters. The van der Waals surface area contributed by atoms with Gasteiger partial charge in [0.25, 0.3) is 0 Å². The molecule has 0 aliphatic rings. The molecule has 0 amide bonds. The first-order chi connectivity index (χ1) is 8.38. The smallest absolute Gasteiger partial charge is 0.0424 e. The van der Waals surface area contributed by atoms with Gasteiger partial charge in [0.05, 0.1) is 0 Å². The molecule has 102 valence electrons. The third kappa shape index (κ3) is 5.19. The van der Waals surface area contributed by atoms with E-state index >= 15 is 0 Å². The lowest BCUT2D eigenvalue weighted by Crippen LogP contribution is -2.30. The number of rotatable bonds is 6. The fourth-order valence-electron chi connectivity index (χ4n) is 2.24. The average Bonchev–Trinajstić information content (AvgIpc) is 2.25. The molecule has 0 fully saturated rings. The number of nitrogens with two attached hydrogens (primary N) is 1. The van der Waals surface area contributed by atoms with Crippen LogP contribution in [0.2, 0.25) is 0 Å². The summed E-state index contributed by atoms with van der Waals surface area (Å²) in [5, 5.41) is 0. The third-order valence-electron chi connectivity index (χ3n) is 3.27. The lowest BCUT2D eigenvalue weighted by atomic mass is 10.0. The SMILES string of the molecule is Cc1cc(C)cc(C(N)CN(C)CCC(C)C)c1. The normalized spacial score (nSPS) is 13.3. The zero-order valence-corrected chi connectivity index (χ0v) is 12.5. The fraction of sp³-hybridized carbons (Fsp3) is 0.625. The van der Waals surface area contributed by atoms with Gasteiger partial charge in [-0.15, -0.1) is 0 Å². The second-order valence-corrected chi connectivity index (χ2v) is 5.97.